The molecule has 0 bridgehead atoms. The maximum Gasteiger partial charge on any atom is 0.262 e. The van der Waals surface area contributed by atoms with Crippen molar-refractivity contribution in [2.45, 2.75) is 44.9 Å². The number of amides is 1. The maximum absolute atomic E-state index is 13.0. The van der Waals surface area contributed by atoms with Crippen LogP contribution >= 0.6 is 11.6 Å². The Labute approximate surface area is 243 Å². The van der Waals surface area contributed by atoms with Gasteiger partial charge >= 0.3 is 0 Å². The minimum absolute atomic E-state index is 0.00135. The number of rotatable bonds is 11. The highest BCUT2D eigenvalue weighted by atomic mass is 35.5. The predicted octanol–water partition coefficient (Wildman–Crippen LogP) is 2.89. The number of hydrogen-bond acceptors (Lipinski definition) is 8. The van der Waals surface area contributed by atoms with Gasteiger partial charge in [0, 0.05) is 79.3 Å². The van der Waals surface area contributed by atoms with E-state index in [1.54, 1.807) is 19.5 Å². The number of ether oxygens (including phenoxy) is 1. The normalized spacial score (nSPS) is 15.7. The van der Waals surface area contributed by atoms with Crippen molar-refractivity contribution >= 4 is 23.2 Å². The Kier molecular flexibility index (Phi) is 8.94. The molecule has 3 aromatic heterocycles. The first-order valence-corrected chi connectivity index (χ1v) is 14.0. The van der Waals surface area contributed by atoms with E-state index in [4.69, 9.17) is 27.1 Å². The van der Waals surface area contributed by atoms with Crippen molar-refractivity contribution in [3.63, 3.8) is 0 Å². The molecule has 4 aromatic rings. The number of benzene rings is 1. The largest absolute Gasteiger partial charge is 0.481 e. The highest BCUT2D eigenvalue weighted by molar-refractivity contribution is 6.36. The first kappa shape index (κ1) is 28.7. The summed E-state index contributed by atoms with van der Waals surface area (Å²) in [6, 6.07) is 13.5. The molecule has 0 unspecified atom stereocenters. The summed E-state index contributed by atoms with van der Waals surface area (Å²) in [5.41, 5.74) is 10.7. The van der Waals surface area contributed by atoms with E-state index in [0.717, 1.165) is 28.7 Å². The molecule has 1 saturated heterocycles. The van der Waals surface area contributed by atoms with E-state index >= 15 is 0 Å². The third-order valence-corrected chi connectivity index (χ3v) is 7.48. The Morgan fingerprint density at radius 3 is 2.71 bits per heavy atom. The van der Waals surface area contributed by atoms with Gasteiger partial charge in [-0.1, -0.05) is 35.9 Å². The van der Waals surface area contributed by atoms with Crippen LogP contribution in [0.2, 0.25) is 5.02 Å². The summed E-state index contributed by atoms with van der Waals surface area (Å²) >= 11 is 6.94. The molecule has 1 aromatic carbocycles. The predicted molar refractivity (Wildman–Crippen MR) is 160 cm³/mol. The third kappa shape index (κ3) is 6.57. The maximum atomic E-state index is 13.0. The van der Waals surface area contributed by atoms with E-state index in [-0.39, 0.29) is 23.6 Å². The van der Waals surface area contributed by atoms with Gasteiger partial charge in [-0.2, -0.15) is 0 Å². The first-order chi connectivity index (χ1) is 19.8. The fraction of sp³-hybridized carbons (Fsp3) is 0.333. The number of hydrogen-bond donors (Lipinski definition) is 4. The van der Waals surface area contributed by atoms with Crippen molar-refractivity contribution < 1.29 is 9.53 Å². The Morgan fingerprint density at radius 1 is 1.15 bits per heavy atom. The molecule has 1 aliphatic rings. The lowest BCUT2D eigenvalue weighted by atomic mass is 10.0. The lowest BCUT2D eigenvalue weighted by Gasteiger charge is -2.15. The zero-order chi connectivity index (χ0) is 28.9. The number of carbonyl (C=O) groups is 1. The molecule has 10 nitrogen and oxygen atoms in total. The summed E-state index contributed by atoms with van der Waals surface area (Å²) in [7, 11) is 1.59. The number of nitrogens with one attached hydrogen (secondary N) is 3. The lowest BCUT2D eigenvalue weighted by molar-refractivity contribution is -0.119. The third-order valence-electron chi connectivity index (χ3n) is 7.07. The average Bonchev–Trinajstić information content (AvgIpc) is 3.39. The number of fused-ring (bicyclic) bond motifs is 1. The number of nitrogens with two attached hydrogens (primary N) is 1. The number of pyridine rings is 2. The van der Waals surface area contributed by atoms with E-state index in [9.17, 15) is 9.59 Å². The molecule has 5 N–H and O–H groups in total. The van der Waals surface area contributed by atoms with Gasteiger partial charge < -0.3 is 26.4 Å². The summed E-state index contributed by atoms with van der Waals surface area (Å²) in [6.45, 7) is 4.15. The summed E-state index contributed by atoms with van der Waals surface area (Å²) < 4.78 is 7.12. The minimum atomic E-state index is -0.127. The van der Waals surface area contributed by atoms with Crippen molar-refractivity contribution in [3.8, 4) is 28.3 Å². The van der Waals surface area contributed by atoms with Crippen molar-refractivity contribution in [2.75, 3.05) is 20.2 Å². The summed E-state index contributed by atoms with van der Waals surface area (Å²) in [4.78, 5) is 33.7. The van der Waals surface area contributed by atoms with Crippen molar-refractivity contribution in [1.82, 2.24) is 30.3 Å². The second-order valence-electron chi connectivity index (χ2n) is 10.3. The summed E-state index contributed by atoms with van der Waals surface area (Å²) in [6.07, 6.45) is 4.74. The van der Waals surface area contributed by atoms with Gasteiger partial charge in [0.25, 0.3) is 5.56 Å². The van der Waals surface area contributed by atoms with Gasteiger partial charge in [-0.05, 0) is 37.1 Å². The van der Waals surface area contributed by atoms with Gasteiger partial charge in [0.1, 0.15) is 5.65 Å². The van der Waals surface area contributed by atoms with Crippen LogP contribution in [0.4, 0.5) is 0 Å². The number of nitrogens with zero attached hydrogens (tertiary/aromatic N) is 3. The number of carbonyl (C=O) groups excluding carboxylic acids is 1. The van der Waals surface area contributed by atoms with Gasteiger partial charge in [0.2, 0.25) is 11.8 Å². The van der Waals surface area contributed by atoms with Crippen LogP contribution in [0.15, 0.2) is 59.7 Å². The van der Waals surface area contributed by atoms with E-state index in [0.29, 0.717) is 60.4 Å². The van der Waals surface area contributed by atoms with Gasteiger partial charge in [-0.3, -0.25) is 14.0 Å². The van der Waals surface area contributed by atoms with E-state index in [1.165, 1.54) is 4.40 Å². The molecule has 1 fully saturated rings. The van der Waals surface area contributed by atoms with Crippen LogP contribution in [0, 0.1) is 0 Å². The Morgan fingerprint density at radius 2 is 1.95 bits per heavy atom. The minimum Gasteiger partial charge on any atom is -0.481 e. The SMILES string of the molecule is COc1nc(-c2cccc(-c3ccn4c(=O)c(CNC[C@H](C)N)cnc4c3)c2Cl)ccc1CNC[C@@H]1CCC(=O)N1. The van der Waals surface area contributed by atoms with Gasteiger partial charge in [-0.25, -0.2) is 9.97 Å². The number of methoxy groups -OCH3 is 1. The molecule has 1 aliphatic heterocycles. The van der Waals surface area contributed by atoms with Crippen LogP contribution in [0.25, 0.3) is 28.0 Å². The fourth-order valence-corrected chi connectivity index (χ4v) is 5.26. The topological polar surface area (TPSA) is 136 Å². The molecule has 41 heavy (non-hydrogen) atoms. The van der Waals surface area contributed by atoms with Crippen LogP contribution in [-0.4, -0.2) is 52.6 Å². The van der Waals surface area contributed by atoms with Crippen LogP contribution in [-0.2, 0) is 17.9 Å². The van der Waals surface area contributed by atoms with Gasteiger partial charge in [0.15, 0.2) is 0 Å². The second kappa shape index (κ2) is 12.8. The lowest BCUT2D eigenvalue weighted by Crippen LogP contribution is -2.35. The molecule has 0 radical (unpaired) electrons. The number of halogens is 1. The van der Waals surface area contributed by atoms with Gasteiger partial charge in [-0.15, -0.1) is 0 Å². The van der Waals surface area contributed by atoms with E-state index in [2.05, 4.69) is 20.9 Å². The second-order valence-corrected chi connectivity index (χ2v) is 10.7. The van der Waals surface area contributed by atoms with Crippen LogP contribution < -0.4 is 32.0 Å². The zero-order valence-corrected chi connectivity index (χ0v) is 23.9. The quantitative estimate of drug-likeness (QED) is 0.214. The first-order valence-electron chi connectivity index (χ1n) is 13.6. The van der Waals surface area contributed by atoms with Crippen molar-refractivity contribution in [3.05, 3.63) is 81.4 Å². The Balaban J connectivity index is 1.36. The molecule has 4 heterocycles. The molecule has 0 saturated carbocycles. The monoisotopic (exact) mass is 575 g/mol. The molecular weight excluding hydrogens is 542 g/mol. The molecule has 2 atom stereocenters. The zero-order valence-electron chi connectivity index (χ0n) is 23.1. The highest BCUT2D eigenvalue weighted by Gasteiger charge is 2.20. The van der Waals surface area contributed by atoms with Crippen molar-refractivity contribution in [1.29, 1.82) is 0 Å². The Hall–Kier alpha value is -3.83. The molecule has 0 spiro atoms. The Bertz CT molecular complexity index is 1620. The van der Waals surface area contributed by atoms with Gasteiger partial charge in [0.05, 0.1) is 17.8 Å². The molecule has 5 rings (SSSR count). The molecule has 11 heteroatoms. The van der Waals surface area contributed by atoms with Crippen LogP contribution in [0.1, 0.15) is 30.9 Å². The molecule has 1 amide bonds. The summed E-state index contributed by atoms with van der Waals surface area (Å²) in [5.74, 6) is 0.608. The summed E-state index contributed by atoms with van der Waals surface area (Å²) in [5, 5.41) is 10.1. The smallest absolute Gasteiger partial charge is 0.262 e. The van der Waals surface area contributed by atoms with E-state index in [1.807, 2.05) is 49.4 Å². The fourth-order valence-electron chi connectivity index (χ4n) is 4.93. The number of aromatic nitrogens is 3. The molecule has 0 aliphatic carbocycles. The van der Waals surface area contributed by atoms with Crippen LogP contribution in [0.3, 0.4) is 0 Å². The van der Waals surface area contributed by atoms with E-state index < -0.39 is 0 Å². The molecule has 214 valence electrons. The molecular formula is C30H34ClN7O3. The van der Waals surface area contributed by atoms with Crippen LogP contribution in [0.5, 0.6) is 5.88 Å². The highest BCUT2D eigenvalue weighted by Crippen LogP contribution is 2.36. The van der Waals surface area contributed by atoms with Crippen molar-refractivity contribution in [2.24, 2.45) is 5.73 Å². The average molecular weight is 576 g/mol. The standard InChI is InChI=1S/C30H34ClN7O3/c1-18(32)13-33-15-21-16-35-26-12-19(10-11-38(26)30(21)40)23-4-3-5-24(28(23)31)25-8-6-20(29(37-25)41-2)14-34-17-22-7-9-27(39)36-22/h3-6,8,10-12,16,18,22,33-34H,7,9,13-15,17,32H2,1-2H3,(H,36,39)/t18-,22-/m0/s1.